The number of ketones is 1. The first-order chi connectivity index (χ1) is 15.1. The first-order valence-electron chi connectivity index (χ1n) is 11.6. The Morgan fingerprint density at radius 3 is 2.66 bits per heavy atom. The lowest BCUT2D eigenvalue weighted by Gasteiger charge is -2.60. The predicted molar refractivity (Wildman–Crippen MR) is 116 cm³/mol. The maximum Gasteiger partial charge on any atom is 0.346 e. The standard InChI is InChI=1S/C24H35NO7/c1-22-8-6-15(25-32-13-20(29)31-3)10-14(22)4-5-16-17-7-9-24(30,19(28)12-26)23(17,2)11-18(27)21(16)22/h10,16-18,21,26-27,30H,4-9,11-13H2,1-3H3/b25-15+/t16-,17-,18?,21+,22-,23-,24-/m0/s1. The molecule has 0 heterocycles. The molecule has 4 aliphatic carbocycles. The van der Waals surface area contributed by atoms with Gasteiger partial charge in [0.05, 0.1) is 18.9 Å². The van der Waals surface area contributed by atoms with Gasteiger partial charge in [-0.25, -0.2) is 4.79 Å². The monoisotopic (exact) mass is 449 g/mol. The van der Waals surface area contributed by atoms with E-state index >= 15 is 0 Å². The molecule has 0 aromatic rings. The Labute approximate surface area is 188 Å². The van der Waals surface area contributed by atoms with Crippen molar-refractivity contribution in [3.8, 4) is 0 Å². The number of allylic oxidation sites excluding steroid dienone is 2. The zero-order chi connectivity index (χ0) is 23.3. The Morgan fingerprint density at radius 2 is 1.97 bits per heavy atom. The van der Waals surface area contributed by atoms with Gasteiger partial charge in [0.15, 0.2) is 5.78 Å². The molecule has 4 rings (SSSR count). The zero-order valence-electron chi connectivity index (χ0n) is 19.2. The summed E-state index contributed by atoms with van der Waals surface area (Å²) in [6, 6.07) is 0. The van der Waals surface area contributed by atoms with Gasteiger partial charge >= 0.3 is 5.97 Å². The van der Waals surface area contributed by atoms with Crippen molar-refractivity contribution in [3.05, 3.63) is 11.6 Å². The second kappa shape index (κ2) is 8.22. The molecule has 8 heteroatoms. The average Bonchev–Trinajstić information content (AvgIpc) is 3.04. The molecule has 8 nitrogen and oxygen atoms in total. The number of hydrogen-bond donors (Lipinski definition) is 3. The van der Waals surface area contributed by atoms with Crippen LogP contribution in [0.5, 0.6) is 0 Å². The molecule has 0 aromatic heterocycles. The Morgan fingerprint density at radius 1 is 1.22 bits per heavy atom. The van der Waals surface area contributed by atoms with Crippen LogP contribution in [0.15, 0.2) is 16.8 Å². The summed E-state index contributed by atoms with van der Waals surface area (Å²) in [5.74, 6) is -0.618. The van der Waals surface area contributed by atoms with Crippen molar-refractivity contribution < 1.29 is 34.5 Å². The summed E-state index contributed by atoms with van der Waals surface area (Å²) in [7, 11) is 1.30. The molecule has 0 aliphatic heterocycles. The van der Waals surface area contributed by atoms with Crippen LogP contribution in [0.4, 0.5) is 0 Å². The van der Waals surface area contributed by atoms with E-state index in [4.69, 9.17) is 4.84 Å². The quantitative estimate of drug-likeness (QED) is 0.431. The minimum Gasteiger partial charge on any atom is -0.466 e. The number of esters is 1. The Balaban J connectivity index is 1.59. The lowest BCUT2D eigenvalue weighted by molar-refractivity contribution is -0.181. The third kappa shape index (κ3) is 3.33. The second-order valence-electron chi connectivity index (χ2n) is 10.5. The number of nitrogens with zero attached hydrogens (tertiary/aromatic N) is 1. The molecule has 0 bridgehead atoms. The zero-order valence-corrected chi connectivity index (χ0v) is 19.2. The molecule has 3 saturated carbocycles. The molecule has 32 heavy (non-hydrogen) atoms. The Hall–Kier alpha value is -1.77. The Kier molecular flexibility index (Phi) is 6.01. The molecule has 7 atom stereocenters. The SMILES string of the molecule is COC(=O)CO/N=C1/C=C2CC[C@@H]3[C@H](C(O)C[C@@]4(C)[C@H]3CC[C@]4(O)C(=O)CO)[C@@]2(C)CC1. The molecule has 0 amide bonds. The van der Waals surface area contributed by atoms with Crippen LogP contribution in [0.1, 0.15) is 58.8 Å². The van der Waals surface area contributed by atoms with E-state index in [9.17, 15) is 24.9 Å². The highest BCUT2D eigenvalue weighted by atomic mass is 16.6. The van der Waals surface area contributed by atoms with E-state index < -0.39 is 35.5 Å². The van der Waals surface area contributed by atoms with E-state index in [2.05, 4.69) is 22.9 Å². The summed E-state index contributed by atoms with van der Waals surface area (Å²) in [4.78, 5) is 28.9. The molecule has 3 N–H and O–H groups in total. The number of rotatable bonds is 5. The van der Waals surface area contributed by atoms with E-state index in [1.165, 1.54) is 12.7 Å². The minimum absolute atomic E-state index is 0.0460. The van der Waals surface area contributed by atoms with E-state index in [-0.39, 0.29) is 29.8 Å². The summed E-state index contributed by atoms with van der Waals surface area (Å²) >= 11 is 0. The summed E-state index contributed by atoms with van der Waals surface area (Å²) < 4.78 is 4.56. The normalized spacial score (nSPS) is 44.2. The smallest absolute Gasteiger partial charge is 0.346 e. The summed E-state index contributed by atoms with van der Waals surface area (Å²) in [5.41, 5.74) is -0.453. The molecular formula is C24H35NO7. The van der Waals surface area contributed by atoms with Crippen LogP contribution in [0.3, 0.4) is 0 Å². The van der Waals surface area contributed by atoms with Gasteiger partial charge in [-0.1, -0.05) is 24.6 Å². The van der Waals surface area contributed by atoms with Crippen LogP contribution in [-0.2, 0) is 19.2 Å². The van der Waals surface area contributed by atoms with Gasteiger partial charge in [-0.05, 0) is 74.2 Å². The van der Waals surface area contributed by atoms with Crippen LogP contribution in [0.2, 0.25) is 0 Å². The molecule has 1 unspecified atom stereocenters. The third-order valence-electron chi connectivity index (χ3n) is 9.26. The molecule has 178 valence electrons. The fourth-order valence-corrected chi connectivity index (χ4v) is 7.59. The number of aliphatic hydroxyl groups is 3. The number of Topliss-reactive ketones (excluding diaryl/α,β-unsaturated/α-hetero) is 1. The lowest BCUT2D eigenvalue weighted by Crippen LogP contribution is -2.62. The summed E-state index contributed by atoms with van der Waals surface area (Å²) in [5, 5.41) is 36.3. The average molecular weight is 450 g/mol. The van der Waals surface area contributed by atoms with Crippen LogP contribution >= 0.6 is 0 Å². The van der Waals surface area contributed by atoms with Gasteiger partial charge in [-0.3, -0.25) is 4.79 Å². The molecule has 0 saturated heterocycles. The van der Waals surface area contributed by atoms with Gasteiger partial charge in [0.1, 0.15) is 12.2 Å². The number of methoxy groups -OCH3 is 1. The minimum atomic E-state index is -1.57. The van der Waals surface area contributed by atoms with E-state index in [0.29, 0.717) is 19.3 Å². The van der Waals surface area contributed by atoms with Crippen LogP contribution in [0, 0.1) is 28.6 Å². The van der Waals surface area contributed by atoms with E-state index in [0.717, 1.165) is 31.4 Å². The van der Waals surface area contributed by atoms with Gasteiger partial charge < -0.3 is 24.9 Å². The van der Waals surface area contributed by atoms with E-state index in [1.54, 1.807) is 0 Å². The van der Waals surface area contributed by atoms with Crippen molar-refractivity contribution in [2.75, 3.05) is 20.3 Å². The highest BCUT2D eigenvalue weighted by Gasteiger charge is 2.68. The van der Waals surface area contributed by atoms with E-state index in [1.807, 2.05) is 6.92 Å². The summed E-state index contributed by atoms with van der Waals surface area (Å²) in [6.45, 7) is 3.25. The topological polar surface area (TPSA) is 126 Å². The van der Waals surface area contributed by atoms with Crippen molar-refractivity contribution in [2.45, 2.75) is 70.5 Å². The fourth-order valence-electron chi connectivity index (χ4n) is 7.59. The van der Waals surface area contributed by atoms with Crippen LogP contribution in [0.25, 0.3) is 0 Å². The number of ether oxygens (including phenoxy) is 1. The van der Waals surface area contributed by atoms with Gasteiger partial charge in [-0.15, -0.1) is 0 Å². The van der Waals surface area contributed by atoms with Crippen molar-refractivity contribution in [1.82, 2.24) is 0 Å². The second-order valence-corrected chi connectivity index (χ2v) is 10.5. The molecule has 0 spiro atoms. The number of hydrogen-bond acceptors (Lipinski definition) is 8. The van der Waals surface area contributed by atoms with Gasteiger partial charge in [-0.2, -0.15) is 0 Å². The number of carbonyl (C=O) groups excluding carboxylic acids is 2. The molecule has 0 radical (unpaired) electrons. The first-order valence-corrected chi connectivity index (χ1v) is 11.6. The predicted octanol–water partition coefficient (Wildman–Crippen LogP) is 1.76. The highest BCUT2D eigenvalue weighted by Crippen LogP contribution is 2.67. The maximum absolute atomic E-state index is 12.5. The number of aliphatic hydroxyl groups excluding tert-OH is 2. The third-order valence-corrected chi connectivity index (χ3v) is 9.26. The number of fused-ring (bicyclic) bond motifs is 5. The van der Waals surface area contributed by atoms with Crippen molar-refractivity contribution in [2.24, 2.45) is 33.7 Å². The first kappa shape index (κ1) is 23.4. The van der Waals surface area contributed by atoms with Crippen LogP contribution in [-0.4, -0.2) is 64.8 Å². The number of oxime groups is 1. The molecule has 0 aromatic carbocycles. The van der Waals surface area contributed by atoms with Crippen LogP contribution < -0.4 is 0 Å². The van der Waals surface area contributed by atoms with Gasteiger partial charge in [0, 0.05) is 5.41 Å². The van der Waals surface area contributed by atoms with Crippen molar-refractivity contribution in [3.63, 3.8) is 0 Å². The fraction of sp³-hybridized carbons (Fsp3) is 0.792. The maximum atomic E-state index is 12.5. The largest absolute Gasteiger partial charge is 0.466 e. The van der Waals surface area contributed by atoms with Gasteiger partial charge in [0.25, 0.3) is 0 Å². The lowest BCUT2D eigenvalue weighted by atomic mass is 9.45. The number of carbonyl (C=O) groups is 2. The molecular weight excluding hydrogens is 414 g/mol. The van der Waals surface area contributed by atoms with Crippen molar-refractivity contribution in [1.29, 1.82) is 0 Å². The van der Waals surface area contributed by atoms with Crippen molar-refractivity contribution >= 4 is 17.5 Å². The highest BCUT2D eigenvalue weighted by molar-refractivity contribution is 5.96. The Bertz CT molecular complexity index is 853. The molecule has 3 fully saturated rings. The molecule has 4 aliphatic rings. The summed E-state index contributed by atoms with van der Waals surface area (Å²) in [6.07, 6.45) is 6.09. The van der Waals surface area contributed by atoms with Gasteiger partial charge in [0.2, 0.25) is 6.61 Å².